The molecule has 1 atom stereocenters. The van der Waals surface area contributed by atoms with Crippen molar-refractivity contribution in [3.8, 4) is 5.75 Å². The molecule has 156 valence electrons. The summed E-state index contributed by atoms with van der Waals surface area (Å²) >= 11 is 0. The molecule has 0 radical (unpaired) electrons. The largest absolute Gasteiger partial charge is 0.481 e. The fourth-order valence-corrected chi connectivity index (χ4v) is 3.34. The van der Waals surface area contributed by atoms with Gasteiger partial charge in [-0.25, -0.2) is 8.78 Å². The molecule has 1 amide bonds. The molecule has 1 fully saturated rings. The van der Waals surface area contributed by atoms with Crippen molar-refractivity contribution in [3.63, 3.8) is 0 Å². The molecule has 1 aliphatic heterocycles. The van der Waals surface area contributed by atoms with Crippen molar-refractivity contribution >= 4 is 5.91 Å². The van der Waals surface area contributed by atoms with Gasteiger partial charge < -0.3 is 14.4 Å². The number of carbonyl (C=O) groups excluding carboxylic acids is 1. The summed E-state index contributed by atoms with van der Waals surface area (Å²) in [6.45, 7) is 5.85. The van der Waals surface area contributed by atoms with E-state index in [1.807, 2.05) is 37.3 Å². The molecule has 2 aromatic rings. The van der Waals surface area contributed by atoms with E-state index < -0.39 is 11.6 Å². The highest BCUT2D eigenvalue weighted by atomic mass is 19.1. The molecule has 5 nitrogen and oxygen atoms in total. The SMILES string of the molecule is CC(CN1CCOCC1)N(Cc1ccccc1)C(=O)COc1ccc(F)cc1F. The number of carbonyl (C=O) groups is 1. The van der Waals surface area contributed by atoms with E-state index in [0.717, 1.165) is 30.8 Å². The minimum absolute atomic E-state index is 0.0672. The zero-order valence-electron chi connectivity index (χ0n) is 16.5. The lowest BCUT2D eigenvalue weighted by Crippen LogP contribution is -2.49. The van der Waals surface area contributed by atoms with E-state index in [4.69, 9.17) is 9.47 Å². The van der Waals surface area contributed by atoms with Crippen molar-refractivity contribution in [1.82, 2.24) is 9.80 Å². The zero-order chi connectivity index (χ0) is 20.6. The van der Waals surface area contributed by atoms with Crippen molar-refractivity contribution in [2.24, 2.45) is 0 Å². The van der Waals surface area contributed by atoms with E-state index in [2.05, 4.69) is 4.90 Å². The fraction of sp³-hybridized carbons (Fsp3) is 0.409. The van der Waals surface area contributed by atoms with E-state index >= 15 is 0 Å². The van der Waals surface area contributed by atoms with Crippen LogP contribution in [-0.4, -0.2) is 61.2 Å². The van der Waals surface area contributed by atoms with Crippen LogP contribution in [0.1, 0.15) is 12.5 Å². The number of ether oxygens (including phenoxy) is 2. The second kappa shape index (κ2) is 10.3. The van der Waals surface area contributed by atoms with Crippen LogP contribution in [0.5, 0.6) is 5.75 Å². The monoisotopic (exact) mass is 404 g/mol. The zero-order valence-corrected chi connectivity index (χ0v) is 16.5. The summed E-state index contributed by atoms with van der Waals surface area (Å²) in [5.74, 6) is -1.90. The highest BCUT2D eigenvalue weighted by molar-refractivity contribution is 5.78. The predicted octanol–water partition coefficient (Wildman–Crippen LogP) is 3.09. The van der Waals surface area contributed by atoms with Gasteiger partial charge in [-0.2, -0.15) is 0 Å². The van der Waals surface area contributed by atoms with Crippen LogP contribution >= 0.6 is 0 Å². The molecule has 3 rings (SSSR count). The van der Waals surface area contributed by atoms with Gasteiger partial charge in [0.25, 0.3) is 5.91 Å². The number of halogens is 2. The van der Waals surface area contributed by atoms with Gasteiger partial charge in [0.15, 0.2) is 18.2 Å². The van der Waals surface area contributed by atoms with E-state index in [1.54, 1.807) is 4.90 Å². The molecule has 2 aromatic carbocycles. The number of hydrogen-bond acceptors (Lipinski definition) is 4. The highest BCUT2D eigenvalue weighted by Crippen LogP contribution is 2.18. The van der Waals surface area contributed by atoms with Crippen molar-refractivity contribution in [2.75, 3.05) is 39.5 Å². The first kappa shape index (κ1) is 21.2. The highest BCUT2D eigenvalue weighted by Gasteiger charge is 2.24. The Hall–Kier alpha value is -2.51. The molecule has 1 saturated heterocycles. The standard InChI is InChI=1S/C22H26F2N2O3/c1-17(14-25-9-11-28-12-10-25)26(15-18-5-3-2-4-6-18)22(27)16-29-21-8-7-19(23)13-20(21)24/h2-8,13,17H,9-12,14-16H2,1H3. The Morgan fingerprint density at radius 3 is 2.59 bits per heavy atom. The van der Waals surface area contributed by atoms with Gasteiger partial charge in [-0.1, -0.05) is 30.3 Å². The molecule has 1 unspecified atom stereocenters. The normalized spacial score (nSPS) is 15.7. The van der Waals surface area contributed by atoms with Crippen LogP contribution in [0.15, 0.2) is 48.5 Å². The number of morpholine rings is 1. The van der Waals surface area contributed by atoms with Gasteiger partial charge in [0, 0.05) is 38.3 Å². The molecule has 1 aliphatic rings. The van der Waals surface area contributed by atoms with Crippen molar-refractivity contribution < 1.29 is 23.0 Å². The molecule has 7 heteroatoms. The Morgan fingerprint density at radius 1 is 1.17 bits per heavy atom. The van der Waals surface area contributed by atoms with Crippen molar-refractivity contribution in [2.45, 2.75) is 19.5 Å². The smallest absolute Gasteiger partial charge is 0.261 e. The summed E-state index contributed by atoms with van der Waals surface area (Å²) in [5.41, 5.74) is 1.00. The molecule has 0 aliphatic carbocycles. The molecule has 0 N–H and O–H groups in total. The average Bonchev–Trinajstić information content (AvgIpc) is 2.72. The van der Waals surface area contributed by atoms with Gasteiger partial charge in [-0.3, -0.25) is 9.69 Å². The van der Waals surface area contributed by atoms with Crippen LogP contribution < -0.4 is 4.74 Å². The molecular formula is C22H26F2N2O3. The average molecular weight is 404 g/mol. The Kier molecular flexibility index (Phi) is 7.55. The fourth-order valence-electron chi connectivity index (χ4n) is 3.34. The van der Waals surface area contributed by atoms with E-state index in [0.29, 0.717) is 26.3 Å². The molecule has 1 heterocycles. The molecule has 29 heavy (non-hydrogen) atoms. The van der Waals surface area contributed by atoms with Gasteiger partial charge in [-0.15, -0.1) is 0 Å². The predicted molar refractivity (Wildman–Crippen MR) is 106 cm³/mol. The van der Waals surface area contributed by atoms with Gasteiger partial charge in [-0.05, 0) is 24.6 Å². The third-order valence-electron chi connectivity index (χ3n) is 4.92. The maximum atomic E-state index is 13.8. The summed E-state index contributed by atoms with van der Waals surface area (Å²) in [4.78, 5) is 16.9. The topological polar surface area (TPSA) is 42.0 Å². The summed E-state index contributed by atoms with van der Waals surface area (Å²) in [6, 6.07) is 12.7. The van der Waals surface area contributed by atoms with Crippen molar-refractivity contribution in [3.05, 3.63) is 65.7 Å². The summed E-state index contributed by atoms with van der Waals surface area (Å²) in [6.07, 6.45) is 0. The summed E-state index contributed by atoms with van der Waals surface area (Å²) < 4.78 is 37.6. The van der Waals surface area contributed by atoms with E-state index in [1.165, 1.54) is 6.07 Å². The first-order valence-electron chi connectivity index (χ1n) is 9.74. The third kappa shape index (κ3) is 6.24. The summed E-state index contributed by atoms with van der Waals surface area (Å²) in [5, 5.41) is 0. The van der Waals surface area contributed by atoms with Crippen LogP contribution in [-0.2, 0) is 16.1 Å². The van der Waals surface area contributed by atoms with E-state index in [-0.39, 0.29) is 24.3 Å². The lowest BCUT2D eigenvalue weighted by molar-refractivity contribution is -0.136. The van der Waals surface area contributed by atoms with Gasteiger partial charge in [0.1, 0.15) is 5.82 Å². The molecule has 0 spiro atoms. The number of rotatable bonds is 8. The molecule has 0 aromatic heterocycles. The molecule has 0 saturated carbocycles. The van der Waals surface area contributed by atoms with Gasteiger partial charge in [0.2, 0.25) is 0 Å². The van der Waals surface area contributed by atoms with Crippen LogP contribution in [0.2, 0.25) is 0 Å². The van der Waals surface area contributed by atoms with Crippen LogP contribution in [0.4, 0.5) is 8.78 Å². The number of hydrogen-bond donors (Lipinski definition) is 0. The lowest BCUT2D eigenvalue weighted by Gasteiger charge is -2.35. The second-order valence-corrected chi connectivity index (χ2v) is 7.13. The Bertz CT molecular complexity index is 798. The Labute approximate surface area is 169 Å². The Morgan fingerprint density at radius 2 is 1.90 bits per heavy atom. The van der Waals surface area contributed by atoms with Gasteiger partial charge in [0.05, 0.1) is 13.2 Å². The van der Waals surface area contributed by atoms with Crippen molar-refractivity contribution in [1.29, 1.82) is 0 Å². The number of nitrogens with zero attached hydrogens (tertiary/aromatic N) is 2. The first-order valence-corrected chi connectivity index (χ1v) is 9.74. The van der Waals surface area contributed by atoms with Gasteiger partial charge >= 0.3 is 0 Å². The maximum absolute atomic E-state index is 13.8. The van der Waals surface area contributed by atoms with E-state index in [9.17, 15) is 13.6 Å². The number of amides is 1. The van der Waals surface area contributed by atoms with Crippen LogP contribution in [0.3, 0.4) is 0 Å². The first-order chi connectivity index (χ1) is 14.0. The summed E-state index contributed by atoms with van der Waals surface area (Å²) in [7, 11) is 0. The molecular weight excluding hydrogens is 378 g/mol. The minimum atomic E-state index is -0.825. The Balaban J connectivity index is 1.67. The second-order valence-electron chi connectivity index (χ2n) is 7.13. The third-order valence-corrected chi connectivity index (χ3v) is 4.92. The maximum Gasteiger partial charge on any atom is 0.261 e. The van der Waals surface area contributed by atoms with Crippen LogP contribution in [0.25, 0.3) is 0 Å². The number of benzene rings is 2. The molecule has 0 bridgehead atoms. The van der Waals surface area contributed by atoms with Crippen LogP contribution in [0, 0.1) is 11.6 Å². The quantitative estimate of drug-likeness (QED) is 0.678. The lowest BCUT2D eigenvalue weighted by atomic mass is 10.1. The minimum Gasteiger partial charge on any atom is -0.481 e.